The summed E-state index contributed by atoms with van der Waals surface area (Å²) in [5.74, 6) is 0. The number of thiocarbonyl (C=S) groups is 1. The number of aromatic nitrogens is 1. The molecule has 5 heteroatoms. The fraction of sp³-hybridized carbons (Fsp3) is 0.333. The van der Waals surface area contributed by atoms with Gasteiger partial charge in [-0.15, -0.1) is 0 Å². The van der Waals surface area contributed by atoms with Crippen LogP contribution in [0.3, 0.4) is 0 Å². The first-order chi connectivity index (χ1) is 11.2. The Hall–Kier alpha value is -1.46. The average Bonchev–Trinajstić information content (AvgIpc) is 3.10. The van der Waals surface area contributed by atoms with Gasteiger partial charge in [-0.3, -0.25) is 4.98 Å². The fourth-order valence-electron chi connectivity index (χ4n) is 3.00. The van der Waals surface area contributed by atoms with E-state index in [0.717, 1.165) is 21.8 Å². The van der Waals surface area contributed by atoms with Crippen LogP contribution >= 0.6 is 28.1 Å². The van der Waals surface area contributed by atoms with Crippen molar-refractivity contribution in [2.45, 2.75) is 38.3 Å². The highest BCUT2D eigenvalue weighted by Gasteiger charge is 2.24. The zero-order valence-corrected chi connectivity index (χ0v) is 15.3. The number of hydrogen-bond acceptors (Lipinski definition) is 2. The Balaban J connectivity index is 1.73. The van der Waals surface area contributed by atoms with Gasteiger partial charge in [0.1, 0.15) is 0 Å². The van der Waals surface area contributed by atoms with E-state index in [4.69, 9.17) is 12.2 Å². The van der Waals surface area contributed by atoms with Crippen LogP contribution in [0.5, 0.6) is 0 Å². The number of rotatable bonds is 4. The molecule has 0 bridgehead atoms. The van der Waals surface area contributed by atoms with E-state index in [-0.39, 0.29) is 0 Å². The zero-order chi connectivity index (χ0) is 16.1. The van der Waals surface area contributed by atoms with Crippen LogP contribution in [-0.2, 0) is 6.54 Å². The molecular formula is C18H20BrN3S. The molecule has 1 saturated carbocycles. The van der Waals surface area contributed by atoms with Crippen LogP contribution in [-0.4, -0.2) is 21.0 Å². The van der Waals surface area contributed by atoms with Crippen LogP contribution in [0.25, 0.3) is 0 Å². The number of pyridine rings is 1. The molecule has 2 aromatic rings. The summed E-state index contributed by atoms with van der Waals surface area (Å²) < 4.78 is 1.07. The lowest BCUT2D eigenvalue weighted by Crippen LogP contribution is -2.41. The molecule has 1 aromatic heterocycles. The van der Waals surface area contributed by atoms with E-state index in [2.05, 4.69) is 37.2 Å². The van der Waals surface area contributed by atoms with Gasteiger partial charge >= 0.3 is 0 Å². The van der Waals surface area contributed by atoms with Gasteiger partial charge in [0.15, 0.2) is 5.11 Å². The second kappa shape index (κ2) is 7.88. The third-order valence-electron chi connectivity index (χ3n) is 4.20. The van der Waals surface area contributed by atoms with Crippen LogP contribution in [0.4, 0.5) is 5.69 Å². The fourth-order valence-corrected chi connectivity index (χ4v) is 3.60. The standard InChI is InChI=1S/C18H20BrN3S/c19-15-7-9-16(10-8-15)21-18(23)22(17-5-1-2-6-17)13-14-4-3-11-20-12-14/h3-4,7-12,17H,1-2,5-6,13H2,(H,21,23). The summed E-state index contributed by atoms with van der Waals surface area (Å²) >= 11 is 9.17. The predicted octanol–water partition coefficient (Wildman–Crippen LogP) is 4.99. The molecule has 1 fully saturated rings. The molecule has 1 aliphatic carbocycles. The summed E-state index contributed by atoms with van der Waals surface area (Å²) in [6.45, 7) is 0.806. The Kier molecular flexibility index (Phi) is 5.62. The number of nitrogens with zero attached hydrogens (tertiary/aromatic N) is 2. The van der Waals surface area contributed by atoms with Gasteiger partial charge < -0.3 is 10.2 Å². The second-order valence-electron chi connectivity index (χ2n) is 5.86. The lowest BCUT2D eigenvalue weighted by molar-refractivity contribution is 0.312. The quantitative estimate of drug-likeness (QED) is 0.745. The molecule has 120 valence electrons. The molecule has 1 aliphatic rings. The van der Waals surface area contributed by atoms with E-state index in [0.29, 0.717) is 6.04 Å². The summed E-state index contributed by atoms with van der Waals surface area (Å²) in [7, 11) is 0. The summed E-state index contributed by atoms with van der Waals surface area (Å²) in [5, 5.41) is 4.18. The van der Waals surface area contributed by atoms with E-state index in [1.807, 2.05) is 42.7 Å². The normalized spacial score (nSPS) is 14.7. The molecule has 3 rings (SSSR count). The second-order valence-corrected chi connectivity index (χ2v) is 7.17. The van der Waals surface area contributed by atoms with Crippen molar-refractivity contribution in [1.82, 2.24) is 9.88 Å². The van der Waals surface area contributed by atoms with Crippen LogP contribution in [0.2, 0.25) is 0 Å². The zero-order valence-electron chi connectivity index (χ0n) is 12.9. The van der Waals surface area contributed by atoms with Crippen molar-refractivity contribution in [3.05, 3.63) is 58.8 Å². The molecule has 1 heterocycles. The van der Waals surface area contributed by atoms with Crippen LogP contribution in [0.1, 0.15) is 31.2 Å². The molecule has 0 aliphatic heterocycles. The minimum atomic E-state index is 0.519. The highest BCUT2D eigenvalue weighted by atomic mass is 79.9. The lowest BCUT2D eigenvalue weighted by Gasteiger charge is -2.31. The summed E-state index contributed by atoms with van der Waals surface area (Å²) in [5.41, 5.74) is 2.21. The maximum absolute atomic E-state index is 5.71. The number of halogens is 1. The van der Waals surface area contributed by atoms with Crippen molar-refractivity contribution >= 4 is 38.9 Å². The monoisotopic (exact) mass is 389 g/mol. The van der Waals surface area contributed by atoms with Crippen molar-refractivity contribution in [3.63, 3.8) is 0 Å². The maximum Gasteiger partial charge on any atom is 0.173 e. The summed E-state index contributed by atoms with van der Waals surface area (Å²) in [4.78, 5) is 6.54. The van der Waals surface area contributed by atoms with Gasteiger partial charge in [-0.05, 0) is 61.0 Å². The minimum Gasteiger partial charge on any atom is -0.342 e. The molecule has 0 saturated heterocycles. The topological polar surface area (TPSA) is 28.2 Å². The van der Waals surface area contributed by atoms with E-state index in [9.17, 15) is 0 Å². The van der Waals surface area contributed by atoms with Gasteiger partial charge in [0.05, 0.1) is 0 Å². The Morgan fingerprint density at radius 2 is 1.96 bits per heavy atom. The van der Waals surface area contributed by atoms with E-state index < -0.39 is 0 Å². The van der Waals surface area contributed by atoms with Gasteiger partial charge in [0.25, 0.3) is 0 Å². The molecular weight excluding hydrogens is 370 g/mol. The maximum atomic E-state index is 5.71. The van der Waals surface area contributed by atoms with Crippen molar-refractivity contribution in [3.8, 4) is 0 Å². The molecule has 0 radical (unpaired) electrons. The lowest BCUT2D eigenvalue weighted by atomic mass is 10.2. The highest BCUT2D eigenvalue weighted by Crippen LogP contribution is 2.26. The van der Waals surface area contributed by atoms with E-state index >= 15 is 0 Å². The molecule has 0 spiro atoms. The van der Waals surface area contributed by atoms with Crippen LogP contribution in [0.15, 0.2) is 53.3 Å². The number of benzene rings is 1. The number of hydrogen-bond donors (Lipinski definition) is 1. The Morgan fingerprint density at radius 1 is 1.22 bits per heavy atom. The highest BCUT2D eigenvalue weighted by molar-refractivity contribution is 9.10. The van der Waals surface area contributed by atoms with Crippen molar-refractivity contribution in [2.75, 3.05) is 5.32 Å². The van der Waals surface area contributed by atoms with E-state index in [1.54, 1.807) is 0 Å². The summed E-state index contributed by atoms with van der Waals surface area (Å²) in [6.07, 6.45) is 8.72. The number of anilines is 1. The predicted molar refractivity (Wildman–Crippen MR) is 102 cm³/mol. The molecule has 23 heavy (non-hydrogen) atoms. The first-order valence-electron chi connectivity index (χ1n) is 7.94. The van der Waals surface area contributed by atoms with E-state index in [1.165, 1.54) is 31.2 Å². The van der Waals surface area contributed by atoms with Crippen LogP contribution in [0, 0.1) is 0 Å². The van der Waals surface area contributed by atoms with Crippen molar-refractivity contribution < 1.29 is 0 Å². The van der Waals surface area contributed by atoms with Crippen LogP contribution < -0.4 is 5.32 Å². The van der Waals surface area contributed by atoms with Gasteiger partial charge in [0, 0.05) is 35.1 Å². The average molecular weight is 390 g/mol. The largest absolute Gasteiger partial charge is 0.342 e. The van der Waals surface area contributed by atoms with Gasteiger partial charge in [-0.2, -0.15) is 0 Å². The smallest absolute Gasteiger partial charge is 0.173 e. The molecule has 3 nitrogen and oxygen atoms in total. The number of nitrogens with one attached hydrogen (secondary N) is 1. The first-order valence-corrected chi connectivity index (χ1v) is 9.14. The molecule has 1 aromatic carbocycles. The third-order valence-corrected chi connectivity index (χ3v) is 5.06. The van der Waals surface area contributed by atoms with Gasteiger partial charge in [0.2, 0.25) is 0 Å². The Labute approximate surface area is 151 Å². The van der Waals surface area contributed by atoms with Gasteiger partial charge in [-0.25, -0.2) is 0 Å². The van der Waals surface area contributed by atoms with Crippen molar-refractivity contribution in [2.24, 2.45) is 0 Å². The molecule has 0 atom stereocenters. The first kappa shape index (κ1) is 16.4. The van der Waals surface area contributed by atoms with Crippen molar-refractivity contribution in [1.29, 1.82) is 0 Å². The molecule has 0 amide bonds. The SMILES string of the molecule is S=C(Nc1ccc(Br)cc1)N(Cc1cccnc1)C1CCCC1. The Morgan fingerprint density at radius 3 is 2.61 bits per heavy atom. The third kappa shape index (κ3) is 4.52. The molecule has 0 unspecified atom stereocenters. The Bertz CT molecular complexity index is 639. The minimum absolute atomic E-state index is 0.519. The summed E-state index contributed by atoms with van der Waals surface area (Å²) in [6, 6.07) is 12.7. The van der Waals surface area contributed by atoms with Gasteiger partial charge in [-0.1, -0.05) is 34.8 Å². The molecule has 1 N–H and O–H groups in total.